The number of sulfonamides is 1. The summed E-state index contributed by atoms with van der Waals surface area (Å²) in [5, 5.41) is 13.9. The first kappa shape index (κ1) is 23.0. The zero-order valence-corrected chi connectivity index (χ0v) is 18.9. The first-order valence-corrected chi connectivity index (χ1v) is 11.9. The molecule has 3 atom stereocenters. The number of nitrogens with zero attached hydrogens (tertiary/aromatic N) is 2. The zero-order valence-electron chi connectivity index (χ0n) is 18.0. The van der Waals surface area contributed by atoms with Crippen molar-refractivity contribution in [1.82, 2.24) is 9.21 Å². The van der Waals surface area contributed by atoms with Crippen molar-refractivity contribution in [3.8, 4) is 5.75 Å². The normalized spacial score (nSPS) is 25.3. The molecule has 2 saturated heterocycles. The highest BCUT2D eigenvalue weighted by molar-refractivity contribution is 7.89. The van der Waals surface area contributed by atoms with E-state index in [0.717, 1.165) is 4.31 Å². The number of aliphatic hydroxyl groups is 1. The smallest absolute Gasteiger partial charge is 0.321 e. The van der Waals surface area contributed by atoms with Crippen LogP contribution < -0.4 is 15.8 Å². The summed E-state index contributed by atoms with van der Waals surface area (Å²) in [4.78, 5) is 26.5. The summed E-state index contributed by atoms with van der Waals surface area (Å²) in [7, 11) is -2.87. The van der Waals surface area contributed by atoms with E-state index in [1.165, 1.54) is 36.3 Å². The molecule has 3 unspecified atom stereocenters. The van der Waals surface area contributed by atoms with Crippen molar-refractivity contribution in [2.45, 2.75) is 29.5 Å². The maximum Gasteiger partial charge on any atom is 0.321 e. The Kier molecular flexibility index (Phi) is 6.04. The molecule has 2 aromatic carbocycles. The Balaban J connectivity index is 1.65. The molecule has 2 heterocycles. The number of carbonyl (C=O) groups is 2. The van der Waals surface area contributed by atoms with Crippen LogP contribution in [-0.4, -0.2) is 66.6 Å². The Bertz CT molecular complexity index is 1140. The van der Waals surface area contributed by atoms with E-state index in [1.54, 1.807) is 24.3 Å². The second-order valence-corrected chi connectivity index (χ2v) is 10.0. The number of nitrogens with one attached hydrogen (secondary N) is 1. The van der Waals surface area contributed by atoms with Crippen LogP contribution in [0.2, 0.25) is 0 Å². The van der Waals surface area contributed by atoms with E-state index < -0.39 is 33.7 Å². The van der Waals surface area contributed by atoms with Crippen LogP contribution in [0.15, 0.2) is 59.5 Å². The Morgan fingerprint density at radius 3 is 2.42 bits per heavy atom. The van der Waals surface area contributed by atoms with Crippen molar-refractivity contribution in [2.24, 2.45) is 11.7 Å². The number of hydrogen-bond acceptors (Lipinski definition) is 6. The van der Waals surface area contributed by atoms with Gasteiger partial charge in [0.05, 0.1) is 12.0 Å². The van der Waals surface area contributed by atoms with Crippen molar-refractivity contribution in [2.75, 3.05) is 25.5 Å². The van der Waals surface area contributed by atoms with Crippen LogP contribution in [-0.2, 0) is 14.8 Å². The van der Waals surface area contributed by atoms with Gasteiger partial charge in [-0.2, -0.15) is 4.31 Å². The summed E-state index contributed by atoms with van der Waals surface area (Å²) >= 11 is 0. The van der Waals surface area contributed by atoms with Crippen molar-refractivity contribution in [3.05, 3.63) is 54.6 Å². The minimum atomic E-state index is -4.33. The molecule has 0 aromatic heterocycles. The van der Waals surface area contributed by atoms with Crippen molar-refractivity contribution >= 4 is 27.6 Å². The van der Waals surface area contributed by atoms with Crippen LogP contribution in [0.1, 0.15) is 12.8 Å². The Hall–Kier alpha value is -3.15. The second-order valence-electron chi connectivity index (χ2n) is 8.22. The number of benzene rings is 2. The summed E-state index contributed by atoms with van der Waals surface area (Å²) in [5.41, 5.74) is 3.70. The number of piperidine rings is 1. The zero-order chi connectivity index (χ0) is 23.8. The molecule has 0 radical (unpaired) electrons. The standard InChI is InChI=1S/C22H26N4O6S/c1-32-17-7-9-18(10-8-17)33(30,31)26-19-14-25(21(28)24-16-5-3-2-4-6-16)12-11-15(19)13-22(26,29)20(23)27/h2-10,15,19,29H,11-14H2,1H3,(H2,23,27)(H,24,28). The number of likely N-dealkylation sites (tertiary alicyclic amines) is 1. The molecule has 3 amide bonds. The number of methoxy groups -OCH3 is 1. The van der Waals surface area contributed by atoms with E-state index in [9.17, 15) is 23.1 Å². The molecule has 2 fully saturated rings. The first-order chi connectivity index (χ1) is 15.7. The fraction of sp³-hybridized carbons (Fsp3) is 0.364. The lowest BCUT2D eigenvalue weighted by Gasteiger charge is -2.39. The van der Waals surface area contributed by atoms with E-state index >= 15 is 0 Å². The molecule has 2 aromatic rings. The largest absolute Gasteiger partial charge is 0.497 e. The molecule has 33 heavy (non-hydrogen) atoms. The highest BCUT2D eigenvalue weighted by Crippen LogP contribution is 2.44. The lowest BCUT2D eigenvalue weighted by atomic mass is 9.91. The number of amides is 3. The lowest BCUT2D eigenvalue weighted by Crippen LogP contribution is -2.60. The van der Waals surface area contributed by atoms with Gasteiger partial charge in [-0.1, -0.05) is 18.2 Å². The summed E-state index contributed by atoms with van der Waals surface area (Å²) in [6.45, 7) is 0.361. The average molecular weight is 475 g/mol. The van der Waals surface area contributed by atoms with Gasteiger partial charge in [0.15, 0.2) is 0 Å². The van der Waals surface area contributed by atoms with Gasteiger partial charge >= 0.3 is 6.03 Å². The SMILES string of the molecule is COc1ccc(S(=O)(=O)N2C3CN(C(=O)Nc4ccccc4)CCC3CC2(O)C(N)=O)cc1. The van der Waals surface area contributed by atoms with E-state index in [2.05, 4.69) is 5.32 Å². The molecule has 10 nitrogen and oxygen atoms in total. The number of fused-ring (bicyclic) bond motifs is 1. The van der Waals surface area contributed by atoms with Gasteiger partial charge in [-0.15, -0.1) is 0 Å². The first-order valence-electron chi connectivity index (χ1n) is 10.5. The van der Waals surface area contributed by atoms with E-state index in [-0.39, 0.29) is 23.8 Å². The quantitative estimate of drug-likeness (QED) is 0.594. The van der Waals surface area contributed by atoms with Crippen molar-refractivity contribution in [1.29, 1.82) is 0 Å². The maximum atomic E-state index is 13.6. The number of ether oxygens (including phenoxy) is 1. The third kappa shape index (κ3) is 4.14. The summed E-state index contributed by atoms with van der Waals surface area (Å²) < 4.78 is 33.0. The minimum Gasteiger partial charge on any atom is -0.497 e. The summed E-state index contributed by atoms with van der Waals surface area (Å²) in [6.07, 6.45) is 0.285. The molecule has 0 spiro atoms. The summed E-state index contributed by atoms with van der Waals surface area (Å²) in [5.74, 6) is -1.02. The Labute approximate surface area is 192 Å². The molecule has 2 aliphatic heterocycles. The molecule has 176 valence electrons. The highest BCUT2D eigenvalue weighted by Gasteiger charge is 2.61. The van der Waals surface area contributed by atoms with Gasteiger partial charge < -0.3 is 25.8 Å². The average Bonchev–Trinajstić information content (AvgIpc) is 3.13. The maximum absolute atomic E-state index is 13.6. The topological polar surface area (TPSA) is 142 Å². The number of urea groups is 1. The number of primary amides is 1. The molecule has 0 bridgehead atoms. The molecular weight excluding hydrogens is 448 g/mol. The van der Waals surface area contributed by atoms with Gasteiger partial charge in [-0.05, 0) is 48.7 Å². The molecule has 4 N–H and O–H groups in total. The van der Waals surface area contributed by atoms with Gasteiger partial charge in [-0.25, -0.2) is 13.2 Å². The third-order valence-electron chi connectivity index (χ3n) is 6.26. The summed E-state index contributed by atoms with van der Waals surface area (Å²) in [6, 6.07) is 13.3. The highest BCUT2D eigenvalue weighted by atomic mass is 32.2. The van der Waals surface area contributed by atoms with E-state index in [4.69, 9.17) is 10.5 Å². The fourth-order valence-corrected chi connectivity index (χ4v) is 6.43. The van der Waals surface area contributed by atoms with Crippen LogP contribution in [0.3, 0.4) is 0 Å². The van der Waals surface area contributed by atoms with Gasteiger partial charge in [0.2, 0.25) is 15.7 Å². The number of rotatable bonds is 5. The minimum absolute atomic E-state index is 0.00824. The lowest BCUT2D eigenvalue weighted by molar-refractivity contribution is -0.147. The fourth-order valence-electron chi connectivity index (χ4n) is 4.57. The van der Waals surface area contributed by atoms with Gasteiger partial charge in [0.1, 0.15) is 5.75 Å². The number of hydrogen-bond donors (Lipinski definition) is 3. The molecule has 0 aliphatic carbocycles. The van der Waals surface area contributed by atoms with Gasteiger partial charge in [-0.3, -0.25) is 4.79 Å². The monoisotopic (exact) mass is 474 g/mol. The molecule has 11 heteroatoms. The number of para-hydroxylation sites is 1. The Morgan fingerprint density at radius 1 is 1.15 bits per heavy atom. The molecular formula is C22H26N4O6S. The molecule has 2 aliphatic rings. The van der Waals surface area contributed by atoms with Crippen LogP contribution in [0, 0.1) is 5.92 Å². The predicted molar refractivity (Wildman–Crippen MR) is 120 cm³/mol. The van der Waals surface area contributed by atoms with E-state index in [1.807, 2.05) is 6.07 Å². The molecule has 4 rings (SSSR count). The number of anilines is 1. The third-order valence-corrected chi connectivity index (χ3v) is 8.22. The van der Waals surface area contributed by atoms with Crippen molar-refractivity contribution < 1.29 is 27.9 Å². The number of nitrogens with two attached hydrogens (primary N) is 1. The van der Waals surface area contributed by atoms with Gasteiger partial charge in [0, 0.05) is 31.2 Å². The van der Waals surface area contributed by atoms with E-state index in [0.29, 0.717) is 24.4 Å². The van der Waals surface area contributed by atoms with Crippen LogP contribution in [0.25, 0.3) is 0 Å². The van der Waals surface area contributed by atoms with Crippen LogP contribution >= 0.6 is 0 Å². The van der Waals surface area contributed by atoms with Gasteiger partial charge in [0.25, 0.3) is 5.91 Å². The second kappa shape index (κ2) is 8.65. The Morgan fingerprint density at radius 2 is 1.82 bits per heavy atom. The van der Waals surface area contributed by atoms with Crippen LogP contribution in [0.4, 0.5) is 10.5 Å². The molecule has 0 saturated carbocycles. The van der Waals surface area contributed by atoms with Crippen molar-refractivity contribution in [3.63, 3.8) is 0 Å². The number of carbonyl (C=O) groups excluding carboxylic acids is 2. The van der Waals surface area contributed by atoms with Crippen LogP contribution in [0.5, 0.6) is 5.75 Å². The predicted octanol–water partition coefficient (Wildman–Crippen LogP) is 1.19.